The van der Waals surface area contributed by atoms with Crippen molar-refractivity contribution in [1.82, 2.24) is 9.97 Å². The molecule has 1 unspecified atom stereocenters. The van der Waals surface area contributed by atoms with E-state index in [1.54, 1.807) is 22.7 Å². The van der Waals surface area contributed by atoms with E-state index in [1.807, 2.05) is 6.92 Å². The van der Waals surface area contributed by atoms with Gasteiger partial charge in [-0.15, -0.1) is 22.7 Å². The molecule has 0 radical (unpaired) electrons. The van der Waals surface area contributed by atoms with Crippen molar-refractivity contribution in [3.05, 3.63) is 28.7 Å². The average Bonchev–Trinajstić information content (AvgIpc) is 3.25. The molecule has 1 fully saturated rings. The van der Waals surface area contributed by atoms with Crippen LogP contribution in [-0.2, 0) is 4.79 Å². The Labute approximate surface area is 141 Å². The van der Waals surface area contributed by atoms with E-state index in [-0.39, 0.29) is 11.8 Å². The maximum atomic E-state index is 11.5. The van der Waals surface area contributed by atoms with Crippen molar-refractivity contribution in [2.24, 2.45) is 11.7 Å². The number of rotatable bonds is 3. The van der Waals surface area contributed by atoms with Crippen molar-refractivity contribution < 1.29 is 4.79 Å². The van der Waals surface area contributed by atoms with Gasteiger partial charge < -0.3 is 10.6 Å². The largest absolute Gasteiger partial charge is 0.369 e. The van der Waals surface area contributed by atoms with Crippen molar-refractivity contribution >= 4 is 44.6 Å². The summed E-state index contributed by atoms with van der Waals surface area (Å²) in [6, 6.07) is 4.17. The van der Waals surface area contributed by atoms with Crippen molar-refractivity contribution in [2.75, 3.05) is 18.0 Å². The highest BCUT2D eigenvalue weighted by Gasteiger charge is 2.29. The first-order valence-electron chi connectivity index (χ1n) is 7.47. The Balaban J connectivity index is 1.85. The maximum Gasteiger partial charge on any atom is 0.222 e. The van der Waals surface area contributed by atoms with Gasteiger partial charge in [-0.05, 0) is 24.8 Å². The third-order valence-electron chi connectivity index (χ3n) is 4.20. The van der Waals surface area contributed by atoms with E-state index in [1.165, 1.54) is 10.4 Å². The van der Waals surface area contributed by atoms with Crippen LogP contribution in [0.1, 0.15) is 12.2 Å². The summed E-state index contributed by atoms with van der Waals surface area (Å²) in [6.45, 7) is 3.36. The highest BCUT2D eigenvalue weighted by molar-refractivity contribution is 7.18. The predicted molar refractivity (Wildman–Crippen MR) is 95.0 cm³/mol. The highest BCUT2D eigenvalue weighted by atomic mass is 32.1. The number of thiophene rings is 2. The van der Waals surface area contributed by atoms with Crippen LogP contribution in [-0.4, -0.2) is 29.0 Å². The first kappa shape index (κ1) is 14.6. The third kappa shape index (κ3) is 2.49. The summed E-state index contributed by atoms with van der Waals surface area (Å²) in [7, 11) is 0. The monoisotopic (exact) mass is 344 g/mol. The summed E-state index contributed by atoms with van der Waals surface area (Å²) >= 11 is 3.36. The summed E-state index contributed by atoms with van der Waals surface area (Å²) in [4.78, 5) is 25.2. The molecule has 0 spiro atoms. The van der Waals surface area contributed by atoms with Crippen LogP contribution in [0.15, 0.2) is 22.9 Å². The van der Waals surface area contributed by atoms with Gasteiger partial charge in [0.2, 0.25) is 5.91 Å². The molecule has 1 aliphatic heterocycles. The van der Waals surface area contributed by atoms with Gasteiger partial charge >= 0.3 is 0 Å². The fourth-order valence-corrected chi connectivity index (χ4v) is 4.86. The van der Waals surface area contributed by atoms with E-state index in [2.05, 4.69) is 32.8 Å². The second kappa shape index (κ2) is 5.58. The van der Waals surface area contributed by atoms with Crippen molar-refractivity contribution in [3.8, 4) is 10.4 Å². The van der Waals surface area contributed by atoms with Crippen LogP contribution in [0.5, 0.6) is 0 Å². The maximum absolute atomic E-state index is 11.5. The lowest BCUT2D eigenvalue weighted by Gasteiger charge is -2.19. The van der Waals surface area contributed by atoms with E-state index >= 15 is 0 Å². The number of nitrogens with zero attached hydrogens (tertiary/aromatic N) is 3. The Morgan fingerprint density at radius 3 is 2.96 bits per heavy atom. The predicted octanol–water partition coefficient (Wildman–Crippen LogP) is 3.04. The van der Waals surface area contributed by atoms with E-state index in [0.717, 1.165) is 34.8 Å². The van der Waals surface area contributed by atoms with E-state index in [9.17, 15) is 4.79 Å². The molecule has 1 saturated heterocycles. The molecule has 0 saturated carbocycles. The second-order valence-corrected chi connectivity index (χ2v) is 7.54. The molecule has 118 valence electrons. The Bertz CT molecular complexity index is 872. The molecule has 5 nitrogen and oxygen atoms in total. The van der Waals surface area contributed by atoms with Crippen LogP contribution in [0.3, 0.4) is 0 Å². The van der Waals surface area contributed by atoms with E-state index < -0.39 is 0 Å². The molecule has 4 rings (SSSR count). The zero-order chi connectivity index (χ0) is 16.0. The number of carbonyl (C=O) groups is 1. The smallest absolute Gasteiger partial charge is 0.222 e. The number of hydrogen-bond donors (Lipinski definition) is 1. The molecule has 1 amide bonds. The lowest BCUT2D eigenvalue weighted by molar-refractivity contribution is -0.121. The Hall–Kier alpha value is -1.99. The number of primary amides is 1. The summed E-state index contributed by atoms with van der Waals surface area (Å²) < 4.78 is 0. The van der Waals surface area contributed by atoms with Crippen LogP contribution < -0.4 is 10.6 Å². The van der Waals surface area contributed by atoms with Crippen LogP contribution in [0, 0.1) is 12.8 Å². The van der Waals surface area contributed by atoms with Gasteiger partial charge in [0.1, 0.15) is 16.5 Å². The molecule has 1 aliphatic rings. The summed E-state index contributed by atoms with van der Waals surface area (Å²) in [5.74, 6) is 1.37. The Kier molecular flexibility index (Phi) is 3.54. The zero-order valence-electron chi connectivity index (χ0n) is 12.7. The molecule has 0 aromatic carbocycles. The normalized spacial score (nSPS) is 18.0. The lowest BCUT2D eigenvalue weighted by atomic mass is 10.1. The van der Waals surface area contributed by atoms with Crippen LogP contribution >= 0.6 is 22.7 Å². The topological polar surface area (TPSA) is 72.1 Å². The molecular weight excluding hydrogens is 328 g/mol. The van der Waals surface area contributed by atoms with Gasteiger partial charge in [0, 0.05) is 28.9 Å². The fourth-order valence-electron chi connectivity index (χ4n) is 3.05. The Morgan fingerprint density at radius 2 is 2.26 bits per heavy atom. The Morgan fingerprint density at radius 1 is 1.39 bits per heavy atom. The molecule has 2 N–H and O–H groups in total. The fraction of sp³-hybridized carbons (Fsp3) is 0.312. The van der Waals surface area contributed by atoms with E-state index in [4.69, 9.17) is 10.7 Å². The number of fused-ring (bicyclic) bond motifs is 1. The molecule has 7 heteroatoms. The minimum absolute atomic E-state index is 0.0934. The number of nitrogens with two attached hydrogens (primary N) is 1. The number of hydrogen-bond acceptors (Lipinski definition) is 6. The van der Waals surface area contributed by atoms with Crippen molar-refractivity contribution in [1.29, 1.82) is 0 Å². The molecule has 3 aromatic heterocycles. The lowest BCUT2D eigenvalue weighted by Crippen LogP contribution is -2.28. The average molecular weight is 344 g/mol. The molecule has 23 heavy (non-hydrogen) atoms. The quantitative estimate of drug-likeness (QED) is 0.793. The summed E-state index contributed by atoms with van der Waals surface area (Å²) in [5, 5.41) is 5.32. The van der Waals surface area contributed by atoms with Crippen LogP contribution in [0.25, 0.3) is 20.7 Å². The number of aromatic nitrogens is 2. The van der Waals surface area contributed by atoms with Crippen LogP contribution in [0.2, 0.25) is 0 Å². The van der Waals surface area contributed by atoms with Gasteiger partial charge in [-0.1, -0.05) is 6.07 Å². The van der Waals surface area contributed by atoms with Gasteiger partial charge in [0.25, 0.3) is 0 Å². The molecular formula is C16H16N4OS2. The number of carbonyl (C=O) groups excluding carboxylic acids is 1. The van der Waals surface area contributed by atoms with Gasteiger partial charge in [-0.25, -0.2) is 9.97 Å². The standard InChI is InChI=1S/C16H16N4OS2/c1-9-18-15(20-5-4-10(7-20)14(17)21)13-11(8-23-16(13)19-9)12-3-2-6-22-12/h2-3,6,8,10H,4-5,7H2,1H3,(H2,17,21). The second-order valence-electron chi connectivity index (χ2n) is 5.74. The SMILES string of the molecule is Cc1nc(N2CCC(C(N)=O)C2)c2c(-c3cccs3)csc2n1. The number of anilines is 1. The number of amides is 1. The molecule has 1 atom stereocenters. The minimum atomic E-state index is -0.224. The zero-order valence-corrected chi connectivity index (χ0v) is 14.3. The van der Waals surface area contributed by atoms with Gasteiger partial charge in [0.15, 0.2) is 0 Å². The molecule has 3 aromatic rings. The van der Waals surface area contributed by atoms with Crippen LogP contribution in [0.4, 0.5) is 5.82 Å². The van der Waals surface area contributed by atoms with Gasteiger partial charge in [-0.2, -0.15) is 0 Å². The van der Waals surface area contributed by atoms with Crippen molar-refractivity contribution in [3.63, 3.8) is 0 Å². The summed E-state index contributed by atoms with van der Waals surface area (Å²) in [5.41, 5.74) is 6.65. The van der Waals surface area contributed by atoms with E-state index in [0.29, 0.717) is 6.54 Å². The van der Waals surface area contributed by atoms with Gasteiger partial charge in [-0.3, -0.25) is 4.79 Å². The summed E-state index contributed by atoms with van der Waals surface area (Å²) in [6.07, 6.45) is 0.790. The van der Waals surface area contributed by atoms with Gasteiger partial charge in [0.05, 0.1) is 11.3 Å². The molecule has 4 heterocycles. The van der Waals surface area contributed by atoms with Crippen molar-refractivity contribution in [2.45, 2.75) is 13.3 Å². The first-order chi connectivity index (χ1) is 11.1. The number of aryl methyl sites for hydroxylation is 1. The third-order valence-corrected chi connectivity index (χ3v) is 5.98. The highest BCUT2D eigenvalue weighted by Crippen LogP contribution is 2.41. The molecule has 0 aliphatic carbocycles. The minimum Gasteiger partial charge on any atom is -0.369 e. The molecule has 0 bridgehead atoms. The first-order valence-corrected chi connectivity index (χ1v) is 9.23.